The molecule has 0 aliphatic carbocycles. The predicted octanol–water partition coefficient (Wildman–Crippen LogP) is 4.72. The van der Waals surface area contributed by atoms with E-state index in [2.05, 4.69) is 5.32 Å². The number of hydrogen-bond donors (Lipinski definition) is 1. The van der Waals surface area contributed by atoms with Gasteiger partial charge in [0.25, 0.3) is 0 Å². The fraction of sp³-hybridized carbons (Fsp3) is 0.235. The highest BCUT2D eigenvalue weighted by Crippen LogP contribution is 2.16. The van der Waals surface area contributed by atoms with E-state index in [1.165, 1.54) is 12.1 Å². The first-order chi connectivity index (χ1) is 11.0. The van der Waals surface area contributed by atoms with Gasteiger partial charge in [-0.1, -0.05) is 41.4 Å². The second-order valence-corrected chi connectivity index (χ2v) is 6.92. The van der Waals surface area contributed by atoms with Crippen molar-refractivity contribution in [3.63, 3.8) is 0 Å². The zero-order valence-electron chi connectivity index (χ0n) is 12.3. The zero-order chi connectivity index (χ0) is 16.7. The van der Waals surface area contributed by atoms with Gasteiger partial charge in [0.05, 0.1) is 6.42 Å². The zero-order valence-corrected chi connectivity index (χ0v) is 14.6. The topological polar surface area (TPSA) is 29.1 Å². The summed E-state index contributed by atoms with van der Waals surface area (Å²) < 4.78 is 13.6. The maximum atomic E-state index is 13.6. The third-order valence-corrected chi connectivity index (χ3v) is 4.59. The molecule has 0 radical (unpaired) electrons. The Balaban J connectivity index is 1.67. The number of rotatable bonds is 7. The molecular formula is C17H16Cl2FNOS. The summed E-state index contributed by atoms with van der Waals surface area (Å²) in [5.74, 6) is 0.960. The van der Waals surface area contributed by atoms with Gasteiger partial charge in [-0.15, -0.1) is 0 Å². The molecular weight excluding hydrogens is 356 g/mol. The summed E-state index contributed by atoms with van der Waals surface area (Å²) in [5.41, 5.74) is 1.50. The molecule has 6 heteroatoms. The minimum absolute atomic E-state index is 0.0158. The quantitative estimate of drug-likeness (QED) is 0.713. The summed E-state index contributed by atoms with van der Waals surface area (Å²) in [6.07, 6.45) is 0.0158. The first-order valence-corrected chi connectivity index (χ1v) is 8.98. The van der Waals surface area contributed by atoms with E-state index in [0.717, 1.165) is 22.1 Å². The van der Waals surface area contributed by atoms with Crippen LogP contribution in [-0.2, 0) is 17.0 Å². The number of thioether (sulfide) groups is 1. The molecule has 0 aliphatic heterocycles. The van der Waals surface area contributed by atoms with Crippen molar-refractivity contribution in [1.82, 2.24) is 5.32 Å². The fourth-order valence-electron chi connectivity index (χ4n) is 1.98. The van der Waals surface area contributed by atoms with Crippen molar-refractivity contribution in [3.05, 3.63) is 69.5 Å². The third kappa shape index (κ3) is 6.42. The van der Waals surface area contributed by atoms with Crippen molar-refractivity contribution >= 4 is 40.9 Å². The van der Waals surface area contributed by atoms with E-state index in [-0.39, 0.29) is 12.3 Å². The normalized spacial score (nSPS) is 10.6. The van der Waals surface area contributed by atoms with Gasteiger partial charge in [-0.2, -0.15) is 11.8 Å². The average molecular weight is 372 g/mol. The number of hydrogen-bond acceptors (Lipinski definition) is 2. The van der Waals surface area contributed by atoms with Crippen LogP contribution >= 0.6 is 35.0 Å². The van der Waals surface area contributed by atoms with E-state index >= 15 is 0 Å². The lowest BCUT2D eigenvalue weighted by Gasteiger charge is -2.07. The third-order valence-electron chi connectivity index (χ3n) is 3.09. The molecule has 1 N–H and O–H groups in total. The molecule has 0 spiro atoms. The fourth-order valence-corrected chi connectivity index (χ4v) is 3.16. The van der Waals surface area contributed by atoms with Crippen LogP contribution in [0.2, 0.25) is 10.0 Å². The molecule has 0 atom stereocenters. The molecule has 1 amide bonds. The van der Waals surface area contributed by atoms with Gasteiger partial charge in [0.15, 0.2) is 0 Å². The molecule has 2 aromatic carbocycles. The Bertz CT molecular complexity index is 681. The van der Waals surface area contributed by atoms with Crippen molar-refractivity contribution in [1.29, 1.82) is 0 Å². The van der Waals surface area contributed by atoms with Crippen molar-refractivity contribution < 1.29 is 9.18 Å². The molecule has 0 fully saturated rings. The molecule has 0 bridgehead atoms. The van der Waals surface area contributed by atoms with Gasteiger partial charge < -0.3 is 5.32 Å². The molecule has 0 unspecified atom stereocenters. The van der Waals surface area contributed by atoms with Gasteiger partial charge in [-0.05, 0) is 35.4 Å². The molecule has 2 nitrogen and oxygen atoms in total. The largest absolute Gasteiger partial charge is 0.355 e. The molecule has 0 saturated heterocycles. The van der Waals surface area contributed by atoms with Crippen LogP contribution in [0.3, 0.4) is 0 Å². The minimum Gasteiger partial charge on any atom is -0.355 e. The molecule has 23 heavy (non-hydrogen) atoms. The smallest absolute Gasteiger partial charge is 0.224 e. The minimum atomic E-state index is -0.456. The van der Waals surface area contributed by atoms with Crippen molar-refractivity contribution in [2.75, 3.05) is 12.3 Å². The number of carbonyl (C=O) groups excluding carboxylic acids is 1. The van der Waals surface area contributed by atoms with Crippen LogP contribution in [0, 0.1) is 5.82 Å². The number of amides is 1. The summed E-state index contributed by atoms with van der Waals surface area (Å²) in [6.45, 7) is 0.541. The first kappa shape index (κ1) is 18.1. The monoisotopic (exact) mass is 371 g/mol. The molecule has 0 aliphatic rings. The highest BCUT2D eigenvalue weighted by molar-refractivity contribution is 7.98. The average Bonchev–Trinajstić information content (AvgIpc) is 2.50. The van der Waals surface area contributed by atoms with Crippen LogP contribution in [0.1, 0.15) is 11.1 Å². The van der Waals surface area contributed by atoms with E-state index in [9.17, 15) is 9.18 Å². The predicted molar refractivity (Wildman–Crippen MR) is 95.7 cm³/mol. The van der Waals surface area contributed by atoms with Gasteiger partial charge in [0.1, 0.15) is 5.82 Å². The maximum absolute atomic E-state index is 13.6. The summed E-state index contributed by atoms with van der Waals surface area (Å²) in [4.78, 5) is 11.8. The van der Waals surface area contributed by atoms with Crippen LogP contribution in [0.15, 0.2) is 42.5 Å². The second-order valence-electron chi connectivity index (χ2n) is 4.94. The standard InChI is InChI=1S/C17H16Cl2FNOS/c18-14-3-1-2-12(8-14)11-23-7-6-21-17(22)9-13-4-5-15(19)10-16(13)20/h1-5,8,10H,6-7,9,11H2,(H,21,22). The van der Waals surface area contributed by atoms with Crippen LogP contribution in [0.5, 0.6) is 0 Å². The highest BCUT2D eigenvalue weighted by atomic mass is 35.5. The molecule has 0 aromatic heterocycles. The lowest BCUT2D eigenvalue weighted by Crippen LogP contribution is -2.27. The van der Waals surface area contributed by atoms with Gasteiger partial charge in [-0.25, -0.2) is 4.39 Å². The molecule has 2 rings (SSSR count). The van der Waals surface area contributed by atoms with Crippen LogP contribution in [0.4, 0.5) is 4.39 Å². The van der Waals surface area contributed by atoms with Gasteiger partial charge >= 0.3 is 0 Å². The van der Waals surface area contributed by atoms with E-state index in [1.807, 2.05) is 24.3 Å². The van der Waals surface area contributed by atoms with Crippen molar-refractivity contribution in [2.24, 2.45) is 0 Å². The van der Waals surface area contributed by atoms with E-state index in [4.69, 9.17) is 23.2 Å². The summed E-state index contributed by atoms with van der Waals surface area (Å²) in [5, 5.41) is 3.83. The van der Waals surface area contributed by atoms with Crippen LogP contribution in [-0.4, -0.2) is 18.2 Å². The molecule has 0 heterocycles. The highest BCUT2D eigenvalue weighted by Gasteiger charge is 2.08. The number of benzene rings is 2. The van der Waals surface area contributed by atoms with E-state index in [1.54, 1.807) is 17.8 Å². The number of halogens is 3. The summed E-state index contributed by atoms with van der Waals surface area (Å²) >= 11 is 13.3. The Hall–Kier alpha value is -1.23. The lowest BCUT2D eigenvalue weighted by molar-refractivity contribution is -0.120. The second kappa shape index (κ2) is 9.16. The Morgan fingerprint density at radius 2 is 1.91 bits per heavy atom. The van der Waals surface area contributed by atoms with Crippen LogP contribution in [0.25, 0.3) is 0 Å². The maximum Gasteiger partial charge on any atom is 0.224 e. The Kier molecular flexibility index (Phi) is 7.21. The van der Waals surface area contributed by atoms with E-state index in [0.29, 0.717) is 17.1 Å². The Morgan fingerprint density at radius 3 is 2.65 bits per heavy atom. The molecule has 0 saturated carbocycles. The van der Waals surface area contributed by atoms with Crippen LogP contribution < -0.4 is 5.32 Å². The van der Waals surface area contributed by atoms with Gasteiger partial charge in [0.2, 0.25) is 5.91 Å². The Labute approximate surface area is 149 Å². The molecule has 122 valence electrons. The SMILES string of the molecule is O=C(Cc1ccc(Cl)cc1F)NCCSCc1cccc(Cl)c1. The first-order valence-electron chi connectivity index (χ1n) is 7.07. The van der Waals surface area contributed by atoms with Gasteiger partial charge in [0, 0.05) is 28.1 Å². The summed E-state index contributed by atoms with van der Waals surface area (Å²) in [6, 6.07) is 12.0. The van der Waals surface area contributed by atoms with Crippen molar-refractivity contribution in [3.8, 4) is 0 Å². The molecule has 2 aromatic rings. The number of carbonyl (C=O) groups is 1. The lowest BCUT2D eigenvalue weighted by atomic mass is 10.1. The summed E-state index contributed by atoms with van der Waals surface area (Å²) in [7, 11) is 0. The van der Waals surface area contributed by atoms with Gasteiger partial charge in [-0.3, -0.25) is 4.79 Å². The number of nitrogens with one attached hydrogen (secondary N) is 1. The van der Waals surface area contributed by atoms with Crippen molar-refractivity contribution in [2.45, 2.75) is 12.2 Å². The van der Waals surface area contributed by atoms with E-state index < -0.39 is 5.82 Å². The Morgan fingerprint density at radius 1 is 1.13 bits per heavy atom.